The Bertz CT molecular complexity index is 331. The van der Waals surface area contributed by atoms with Gasteiger partial charge in [-0.15, -0.1) is 0 Å². The molecular weight excluding hydrogens is 256 g/mol. The van der Waals surface area contributed by atoms with Crippen molar-refractivity contribution < 1.29 is 29.3 Å². The quantitative estimate of drug-likeness (QED) is 0.400. The van der Waals surface area contributed by atoms with Crippen molar-refractivity contribution in [1.82, 2.24) is 5.32 Å². The Balaban J connectivity index is 4.37. The maximum atomic E-state index is 11.6. The summed E-state index contributed by atoms with van der Waals surface area (Å²) in [6.45, 7) is 2.82. The Morgan fingerprint density at radius 1 is 1.37 bits per heavy atom. The second-order valence-corrected chi connectivity index (χ2v) is 4.10. The van der Waals surface area contributed by atoms with E-state index in [1.807, 2.05) is 0 Å². The second-order valence-electron chi connectivity index (χ2n) is 4.10. The average Bonchev–Trinajstić information content (AvgIpc) is 2.32. The first kappa shape index (κ1) is 17.3. The zero-order chi connectivity index (χ0) is 15.0. The fourth-order valence-corrected chi connectivity index (χ4v) is 1.16. The number of hydrogen-bond donors (Lipinski definition) is 4. The molecular formula is C11H20N2O6. The zero-order valence-corrected chi connectivity index (χ0v) is 11.0. The molecule has 0 aromatic rings. The predicted octanol–water partition coefficient (Wildman–Crippen LogP) is -1.39. The molecule has 0 saturated heterocycles. The summed E-state index contributed by atoms with van der Waals surface area (Å²) in [6, 6.07) is -2.05. The van der Waals surface area contributed by atoms with Gasteiger partial charge in [0.15, 0.2) is 0 Å². The summed E-state index contributed by atoms with van der Waals surface area (Å²) >= 11 is 0. The number of esters is 1. The van der Waals surface area contributed by atoms with Crippen molar-refractivity contribution in [2.45, 2.75) is 44.9 Å². The van der Waals surface area contributed by atoms with Crippen LogP contribution in [0.15, 0.2) is 0 Å². The number of amides is 1. The molecule has 0 aliphatic carbocycles. The van der Waals surface area contributed by atoms with Crippen LogP contribution in [0.2, 0.25) is 0 Å². The Morgan fingerprint density at radius 2 is 1.95 bits per heavy atom. The molecule has 0 saturated carbocycles. The van der Waals surface area contributed by atoms with Crippen molar-refractivity contribution in [2.24, 2.45) is 5.73 Å². The third-order valence-corrected chi connectivity index (χ3v) is 2.35. The molecule has 1 amide bonds. The molecule has 0 aromatic heterocycles. The van der Waals surface area contributed by atoms with Crippen molar-refractivity contribution in [3.05, 3.63) is 0 Å². The maximum absolute atomic E-state index is 11.6. The lowest BCUT2D eigenvalue weighted by Gasteiger charge is -2.22. The number of nitrogens with two attached hydrogens (primary N) is 1. The molecule has 3 atom stereocenters. The normalized spacial score (nSPS) is 15.2. The molecule has 8 nitrogen and oxygen atoms in total. The van der Waals surface area contributed by atoms with Gasteiger partial charge in [-0.25, -0.2) is 0 Å². The number of ether oxygens (including phenoxy) is 1. The van der Waals surface area contributed by atoms with E-state index in [2.05, 4.69) is 5.32 Å². The Hall–Kier alpha value is -1.67. The highest BCUT2D eigenvalue weighted by Gasteiger charge is 2.24. The lowest BCUT2D eigenvalue weighted by Crippen LogP contribution is -2.51. The van der Waals surface area contributed by atoms with Crippen LogP contribution in [0.25, 0.3) is 0 Å². The number of aliphatic hydroxyl groups excluding tert-OH is 1. The van der Waals surface area contributed by atoms with Crippen LogP contribution in [0.1, 0.15) is 26.7 Å². The molecule has 110 valence electrons. The van der Waals surface area contributed by atoms with Gasteiger partial charge >= 0.3 is 11.9 Å². The molecule has 0 aliphatic heterocycles. The number of carboxylic acid groups (broad SMARTS) is 1. The van der Waals surface area contributed by atoms with Gasteiger partial charge < -0.3 is 26.0 Å². The maximum Gasteiger partial charge on any atom is 0.305 e. The molecule has 0 spiro atoms. The minimum atomic E-state index is -1.22. The standard InChI is InChI=1S/C11H20N2O6/c1-3-10(17)19-5-8(6(2)14)13-11(18)7(12)4-9(15)16/h6-8,14H,3-5,12H2,1-2H3,(H,13,18)(H,15,16). The molecule has 3 unspecified atom stereocenters. The number of hydrogen-bond acceptors (Lipinski definition) is 6. The van der Waals surface area contributed by atoms with Gasteiger partial charge in [-0.05, 0) is 6.92 Å². The van der Waals surface area contributed by atoms with E-state index < -0.39 is 42.5 Å². The number of rotatable bonds is 8. The van der Waals surface area contributed by atoms with Crippen LogP contribution in [0.5, 0.6) is 0 Å². The molecule has 8 heteroatoms. The highest BCUT2D eigenvalue weighted by Crippen LogP contribution is 1.98. The largest absolute Gasteiger partial charge is 0.481 e. The fraction of sp³-hybridized carbons (Fsp3) is 0.727. The number of aliphatic hydroxyl groups is 1. The van der Waals surface area contributed by atoms with Gasteiger partial charge in [0.25, 0.3) is 0 Å². The first-order chi connectivity index (χ1) is 8.77. The summed E-state index contributed by atoms with van der Waals surface area (Å²) < 4.78 is 4.81. The molecule has 0 bridgehead atoms. The van der Waals surface area contributed by atoms with E-state index >= 15 is 0 Å². The fourth-order valence-electron chi connectivity index (χ4n) is 1.16. The number of carbonyl (C=O) groups excluding carboxylic acids is 2. The molecule has 0 aromatic carbocycles. The van der Waals surface area contributed by atoms with E-state index in [-0.39, 0.29) is 13.0 Å². The van der Waals surface area contributed by atoms with Crippen LogP contribution in [0.3, 0.4) is 0 Å². The van der Waals surface area contributed by atoms with Crippen molar-refractivity contribution in [1.29, 1.82) is 0 Å². The highest BCUT2D eigenvalue weighted by molar-refractivity contribution is 5.86. The number of aliphatic carboxylic acids is 1. The summed E-state index contributed by atoms with van der Waals surface area (Å²) in [7, 11) is 0. The Kier molecular flexibility index (Phi) is 7.69. The first-order valence-corrected chi connectivity index (χ1v) is 5.89. The molecule has 0 heterocycles. The second kappa shape index (κ2) is 8.44. The molecule has 0 rings (SSSR count). The summed E-state index contributed by atoms with van der Waals surface area (Å²) in [5.74, 6) is -2.38. The predicted molar refractivity (Wildman–Crippen MR) is 65.1 cm³/mol. The summed E-state index contributed by atoms with van der Waals surface area (Å²) in [5.41, 5.74) is 5.37. The van der Waals surface area contributed by atoms with E-state index in [0.717, 1.165) is 0 Å². The van der Waals surface area contributed by atoms with Crippen LogP contribution in [-0.2, 0) is 19.1 Å². The van der Waals surface area contributed by atoms with Gasteiger partial charge in [-0.3, -0.25) is 14.4 Å². The topological polar surface area (TPSA) is 139 Å². The third-order valence-electron chi connectivity index (χ3n) is 2.35. The van der Waals surface area contributed by atoms with Crippen molar-refractivity contribution in [3.63, 3.8) is 0 Å². The smallest absolute Gasteiger partial charge is 0.305 e. The van der Waals surface area contributed by atoms with Gasteiger partial charge in [0, 0.05) is 6.42 Å². The summed E-state index contributed by atoms with van der Waals surface area (Å²) in [4.78, 5) is 33.0. The van der Waals surface area contributed by atoms with Crippen LogP contribution in [0, 0.1) is 0 Å². The van der Waals surface area contributed by atoms with Crippen molar-refractivity contribution in [3.8, 4) is 0 Å². The van der Waals surface area contributed by atoms with Crippen molar-refractivity contribution >= 4 is 17.8 Å². The highest BCUT2D eigenvalue weighted by atomic mass is 16.5. The monoisotopic (exact) mass is 276 g/mol. The van der Waals surface area contributed by atoms with Crippen molar-refractivity contribution in [2.75, 3.05) is 6.61 Å². The van der Waals surface area contributed by atoms with Crippen LogP contribution >= 0.6 is 0 Å². The van der Waals surface area contributed by atoms with Crippen LogP contribution < -0.4 is 11.1 Å². The Labute approximate surface area is 110 Å². The molecule has 5 N–H and O–H groups in total. The molecule has 0 radical (unpaired) electrons. The number of carboxylic acids is 1. The summed E-state index contributed by atoms with van der Waals surface area (Å²) in [5, 5.41) is 20.3. The molecule has 0 fully saturated rings. The SMILES string of the molecule is CCC(=O)OCC(NC(=O)C(N)CC(=O)O)C(C)O. The lowest BCUT2D eigenvalue weighted by molar-refractivity contribution is -0.145. The first-order valence-electron chi connectivity index (χ1n) is 5.89. The third kappa shape index (κ3) is 7.37. The number of carbonyl (C=O) groups is 3. The van der Waals surface area contributed by atoms with Gasteiger partial charge in [-0.1, -0.05) is 6.92 Å². The van der Waals surface area contributed by atoms with Gasteiger partial charge in [0.2, 0.25) is 5.91 Å². The van der Waals surface area contributed by atoms with Crippen LogP contribution in [-0.4, -0.2) is 52.9 Å². The minimum absolute atomic E-state index is 0.180. The van der Waals surface area contributed by atoms with Gasteiger partial charge in [0.05, 0.1) is 24.6 Å². The van der Waals surface area contributed by atoms with Crippen LogP contribution in [0.4, 0.5) is 0 Å². The zero-order valence-electron chi connectivity index (χ0n) is 11.0. The Morgan fingerprint density at radius 3 is 2.37 bits per heavy atom. The van der Waals surface area contributed by atoms with E-state index in [4.69, 9.17) is 15.6 Å². The average molecular weight is 276 g/mol. The minimum Gasteiger partial charge on any atom is -0.481 e. The number of nitrogens with one attached hydrogen (secondary N) is 1. The van der Waals surface area contributed by atoms with Gasteiger partial charge in [0.1, 0.15) is 6.61 Å². The van der Waals surface area contributed by atoms with E-state index in [1.165, 1.54) is 6.92 Å². The van der Waals surface area contributed by atoms with Gasteiger partial charge in [-0.2, -0.15) is 0 Å². The molecule has 0 aliphatic rings. The lowest BCUT2D eigenvalue weighted by atomic mass is 10.1. The summed E-state index contributed by atoms with van der Waals surface area (Å²) in [6.07, 6.45) is -1.31. The van der Waals surface area contributed by atoms with E-state index in [9.17, 15) is 19.5 Å². The molecule has 19 heavy (non-hydrogen) atoms. The van der Waals surface area contributed by atoms with E-state index in [1.54, 1.807) is 6.92 Å². The van der Waals surface area contributed by atoms with E-state index in [0.29, 0.717) is 0 Å².